The van der Waals surface area contributed by atoms with Gasteiger partial charge in [0.05, 0.1) is 17.6 Å². The molecule has 3 atom stereocenters. The molecule has 4 rings (SSSR count). The van der Waals surface area contributed by atoms with Crippen molar-refractivity contribution in [2.75, 3.05) is 0 Å². The van der Waals surface area contributed by atoms with E-state index in [1.165, 1.54) is 11.3 Å². The number of likely N-dealkylation sites (tertiary alicyclic amines) is 1. The average molecular weight is 352 g/mol. The SMILES string of the molecule is Cn1cncc1CN1[C@H]2CCCCC(=O)N[C@@]2(C)C[C@H]1c1ccccc1. The van der Waals surface area contributed by atoms with Crippen LogP contribution in [0.2, 0.25) is 0 Å². The lowest BCUT2D eigenvalue weighted by atomic mass is 9.85. The van der Waals surface area contributed by atoms with Gasteiger partial charge in [0.1, 0.15) is 0 Å². The quantitative estimate of drug-likeness (QED) is 0.923. The number of aryl methyl sites for hydroxylation is 1. The molecule has 5 heteroatoms. The van der Waals surface area contributed by atoms with Crippen molar-refractivity contribution < 1.29 is 4.79 Å². The number of amides is 1. The number of hydrogen-bond acceptors (Lipinski definition) is 3. The first-order chi connectivity index (χ1) is 12.6. The Morgan fingerprint density at radius 2 is 2.08 bits per heavy atom. The molecule has 0 radical (unpaired) electrons. The summed E-state index contributed by atoms with van der Waals surface area (Å²) in [5.74, 6) is 0.200. The number of fused-ring (bicyclic) bond motifs is 1. The van der Waals surface area contributed by atoms with Gasteiger partial charge in [-0.25, -0.2) is 4.98 Å². The zero-order valence-electron chi connectivity index (χ0n) is 15.7. The zero-order chi connectivity index (χ0) is 18.1. The van der Waals surface area contributed by atoms with Crippen LogP contribution in [0, 0.1) is 0 Å². The number of hydrogen-bond donors (Lipinski definition) is 1. The van der Waals surface area contributed by atoms with Gasteiger partial charge >= 0.3 is 0 Å². The van der Waals surface area contributed by atoms with E-state index < -0.39 is 0 Å². The second kappa shape index (κ2) is 6.88. The largest absolute Gasteiger partial charge is 0.349 e. The van der Waals surface area contributed by atoms with Gasteiger partial charge in [-0.2, -0.15) is 0 Å². The number of carbonyl (C=O) groups excluding carboxylic acids is 1. The molecule has 1 aromatic carbocycles. The van der Waals surface area contributed by atoms with Crippen molar-refractivity contribution in [1.82, 2.24) is 19.8 Å². The van der Waals surface area contributed by atoms with Crippen LogP contribution in [0.15, 0.2) is 42.9 Å². The molecule has 1 amide bonds. The Balaban J connectivity index is 1.71. The number of carbonyl (C=O) groups is 1. The van der Waals surface area contributed by atoms with E-state index in [4.69, 9.17) is 0 Å². The third-order valence-electron chi connectivity index (χ3n) is 6.16. The molecule has 0 saturated carbocycles. The highest BCUT2D eigenvalue weighted by Gasteiger charge is 2.50. The van der Waals surface area contributed by atoms with Crippen molar-refractivity contribution in [2.45, 2.75) is 63.2 Å². The Hall–Kier alpha value is -2.14. The van der Waals surface area contributed by atoms with E-state index in [9.17, 15) is 4.79 Å². The van der Waals surface area contributed by atoms with Crippen molar-refractivity contribution in [2.24, 2.45) is 7.05 Å². The van der Waals surface area contributed by atoms with Gasteiger partial charge in [-0.15, -0.1) is 0 Å². The number of aromatic nitrogens is 2. The van der Waals surface area contributed by atoms with Crippen LogP contribution < -0.4 is 5.32 Å². The third kappa shape index (κ3) is 3.16. The summed E-state index contributed by atoms with van der Waals surface area (Å²) in [4.78, 5) is 19.3. The molecular weight excluding hydrogens is 324 g/mol. The van der Waals surface area contributed by atoms with Gasteiger partial charge in [0, 0.05) is 38.3 Å². The van der Waals surface area contributed by atoms with Gasteiger partial charge in [0.2, 0.25) is 5.91 Å². The van der Waals surface area contributed by atoms with Crippen LogP contribution in [0.4, 0.5) is 0 Å². The fourth-order valence-electron chi connectivity index (χ4n) is 4.79. The second-order valence-corrected chi connectivity index (χ2v) is 8.03. The van der Waals surface area contributed by atoms with Crippen LogP contribution in [-0.2, 0) is 18.4 Å². The van der Waals surface area contributed by atoms with Crippen molar-refractivity contribution >= 4 is 5.91 Å². The average Bonchev–Trinajstić information content (AvgIpc) is 3.13. The lowest BCUT2D eigenvalue weighted by Gasteiger charge is -2.38. The minimum atomic E-state index is -0.184. The normalized spacial score (nSPS) is 29.7. The molecule has 2 aliphatic heterocycles. The van der Waals surface area contributed by atoms with E-state index in [-0.39, 0.29) is 11.4 Å². The van der Waals surface area contributed by atoms with Gasteiger partial charge in [0.15, 0.2) is 0 Å². The van der Waals surface area contributed by atoms with Gasteiger partial charge < -0.3 is 9.88 Å². The highest BCUT2D eigenvalue weighted by molar-refractivity contribution is 5.77. The summed E-state index contributed by atoms with van der Waals surface area (Å²) < 4.78 is 2.10. The maximum Gasteiger partial charge on any atom is 0.220 e. The number of rotatable bonds is 3. The van der Waals surface area contributed by atoms with Crippen molar-refractivity contribution in [3.8, 4) is 0 Å². The number of benzene rings is 1. The van der Waals surface area contributed by atoms with E-state index in [1.54, 1.807) is 0 Å². The molecule has 2 saturated heterocycles. The monoisotopic (exact) mass is 352 g/mol. The van der Waals surface area contributed by atoms with Crippen molar-refractivity contribution in [3.63, 3.8) is 0 Å². The first-order valence-electron chi connectivity index (χ1n) is 9.64. The molecule has 2 aliphatic rings. The molecular formula is C21H28N4O. The topological polar surface area (TPSA) is 50.2 Å². The van der Waals surface area contributed by atoms with Gasteiger partial charge in [-0.05, 0) is 31.7 Å². The first kappa shape index (κ1) is 17.3. The second-order valence-electron chi connectivity index (χ2n) is 8.03. The molecule has 5 nitrogen and oxygen atoms in total. The molecule has 2 aromatic rings. The van der Waals surface area contributed by atoms with Crippen LogP contribution in [0.1, 0.15) is 56.3 Å². The van der Waals surface area contributed by atoms with Crippen molar-refractivity contribution in [1.29, 1.82) is 0 Å². The summed E-state index contributed by atoms with van der Waals surface area (Å²) >= 11 is 0. The minimum absolute atomic E-state index is 0.184. The molecule has 1 N–H and O–H groups in total. The molecule has 0 unspecified atom stereocenters. The summed E-state index contributed by atoms with van der Waals surface area (Å²) in [5, 5.41) is 3.38. The lowest BCUT2D eigenvalue weighted by molar-refractivity contribution is -0.123. The standard InChI is InChI=1S/C21H28N4O/c1-21-12-18(16-8-4-3-5-9-16)25(14-17-13-22-15-24(17)2)19(21)10-6-7-11-20(26)23-21/h3-5,8-9,13,15,18-19H,6-7,10-12,14H2,1-2H3,(H,23,26)/t18-,19-,21-/m0/s1. The Bertz CT molecular complexity index is 771. The Labute approximate surface area is 155 Å². The molecule has 2 fully saturated rings. The van der Waals surface area contributed by atoms with Crippen LogP contribution in [-0.4, -0.2) is 31.9 Å². The predicted octanol–water partition coefficient (Wildman–Crippen LogP) is 3.18. The van der Waals surface area contributed by atoms with Crippen LogP contribution >= 0.6 is 0 Å². The summed E-state index contributed by atoms with van der Waals surface area (Å²) in [5.41, 5.74) is 2.36. The summed E-state index contributed by atoms with van der Waals surface area (Å²) in [6.45, 7) is 3.09. The summed E-state index contributed by atoms with van der Waals surface area (Å²) in [6, 6.07) is 11.4. The molecule has 0 aliphatic carbocycles. The molecule has 26 heavy (non-hydrogen) atoms. The highest BCUT2D eigenvalue weighted by Crippen LogP contribution is 2.45. The number of imidazole rings is 1. The van der Waals surface area contributed by atoms with E-state index >= 15 is 0 Å². The number of nitrogens with one attached hydrogen (secondary N) is 1. The summed E-state index contributed by atoms with van der Waals surface area (Å²) in [7, 11) is 2.05. The molecule has 0 spiro atoms. The van der Waals surface area contributed by atoms with Gasteiger partial charge in [0.25, 0.3) is 0 Å². The molecule has 3 heterocycles. The maximum absolute atomic E-state index is 12.4. The molecule has 138 valence electrons. The fourth-order valence-corrected chi connectivity index (χ4v) is 4.79. The predicted molar refractivity (Wildman–Crippen MR) is 101 cm³/mol. The Morgan fingerprint density at radius 3 is 2.81 bits per heavy atom. The van der Waals surface area contributed by atoms with Crippen molar-refractivity contribution in [3.05, 3.63) is 54.1 Å². The minimum Gasteiger partial charge on any atom is -0.349 e. The van der Waals surface area contributed by atoms with E-state index in [1.807, 2.05) is 12.5 Å². The summed E-state index contributed by atoms with van der Waals surface area (Å²) in [6.07, 6.45) is 8.63. The third-order valence-corrected chi connectivity index (χ3v) is 6.16. The lowest BCUT2D eigenvalue weighted by Crippen LogP contribution is -2.55. The number of nitrogens with zero attached hydrogens (tertiary/aromatic N) is 3. The van der Waals surface area contributed by atoms with E-state index in [2.05, 4.69) is 64.1 Å². The van der Waals surface area contributed by atoms with Crippen LogP contribution in [0.25, 0.3) is 0 Å². The van der Waals surface area contributed by atoms with E-state index in [0.717, 1.165) is 32.2 Å². The fraction of sp³-hybridized carbons (Fsp3) is 0.524. The highest BCUT2D eigenvalue weighted by atomic mass is 16.1. The van der Waals surface area contributed by atoms with Gasteiger partial charge in [-0.1, -0.05) is 36.8 Å². The molecule has 0 bridgehead atoms. The Kier molecular flexibility index (Phi) is 4.57. The Morgan fingerprint density at radius 1 is 1.27 bits per heavy atom. The van der Waals surface area contributed by atoms with E-state index in [0.29, 0.717) is 18.5 Å². The maximum atomic E-state index is 12.4. The van der Waals surface area contributed by atoms with Crippen LogP contribution in [0.3, 0.4) is 0 Å². The van der Waals surface area contributed by atoms with Gasteiger partial charge in [-0.3, -0.25) is 9.69 Å². The smallest absolute Gasteiger partial charge is 0.220 e. The molecule has 1 aromatic heterocycles. The first-order valence-corrected chi connectivity index (χ1v) is 9.64. The van der Waals surface area contributed by atoms with Crippen LogP contribution in [0.5, 0.6) is 0 Å². The zero-order valence-corrected chi connectivity index (χ0v) is 15.7.